The molecule has 1 unspecified atom stereocenters. The zero-order valence-electron chi connectivity index (χ0n) is 20.3. The van der Waals surface area contributed by atoms with Crippen LogP contribution in [0.15, 0.2) is 42.6 Å². The van der Waals surface area contributed by atoms with Gasteiger partial charge < -0.3 is 24.0 Å². The van der Waals surface area contributed by atoms with E-state index in [9.17, 15) is 18.9 Å². The van der Waals surface area contributed by atoms with Gasteiger partial charge in [0, 0.05) is 34.0 Å². The van der Waals surface area contributed by atoms with Crippen molar-refractivity contribution in [1.82, 2.24) is 15.6 Å². The number of thioether (sulfide) groups is 1. The summed E-state index contributed by atoms with van der Waals surface area (Å²) in [7, 11) is 1.30. The molecule has 1 aliphatic rings. The molecule has 0 spiro atoms. The Kier molecular flexibility index (Phi) is 9.89. The van der Waals surface area contributed by atoms with E-state index in [2.05, 4.69) is 15.6 Å². The second kappa shape index (κ2) is 12.9. The van der Waals surface area contributed by atoms with E-state index in [0.29, 0.717) is 36.7 Å². The highest BCUT2D eigenvalue weighted by Gasteiger charge is 2.31. The minimum absolute atomic E-state index is 0.0699. The van der Waals surface area contributed by atoms with Gasteiger partial charge in [0.15, 0.2) is 0 Å². The molecule has 36 heavy (non-hydrogen) atoms. The first kappa shape index (κ1) is 27.7. The Balaban J connectivity index is 1.41. The first-order valence-corrected chi connectivity index (χ1v) is 13.7. The number of imide groups is 1. The van der Waals surface area contributed by atoms with E-state index in [1.807, 2.05) is 36.2 Å². The molecule has 11 nitrogen and oxygen atoms in total. The molecule has 0 bridgehead atoms. The maximum Gasteiger partial charge on any atom is 0.331 e. The minimum Gasteiger partial charge on any atom is -0.492 e. The molecule has 2 N–H and O–H groups in total. The van der Waals surface area contributed by atoms with Gasteiger partial charge in [-0.05, 0) is 36.2 Å². The normalized spacial score (nSPS) is 15.5. The van der Waals surface area contributed by atoms with Gasteiger partial charge in [-0.2, -0.15) is 0 Å². The highest BCUT2D eigenvalue weighted by Crippen LogP contribution is 2.45. The molecule has 1 aromatic heterocycles. The Hall–Kier alpha value is -2.92. The fraction of sp³-hybridized carbons (Fsp3) is 0.391. The van der Waals surface area contributed by atoms with Crippen molar-refractivity contribution < 1.29 is 32.7 Å². The van der Waals surface area contributed by atoms with Crippen LogP contribution in [0.2, 0.25) is 0 Å². The highest BCUT2D eigenvalue weighted by atomic mass is 32.2. The van der Waals surface area contributed by atoms with Crippen molar-refractivity contribution in [3.05, 3.63) is 53.7 Å². The lowest BCUT2D eigenvalue weighted by molar-refractivity contribution is -0.118. The van der Waals surface area contributed by atoms with Gasteiger partial charge in [0.05, 0.1) is 23.5 Å². The summed E-state index contributed by atoms with van der Waals surface area (Å²) in [5.41, 5.74) is 1.33. The number of nitrogens with zero attached hydrogens (tertiary/aromatic N) is 2. The smallest absolute Gasteiger partial charge is 0.331 e. The zero-order valence-corrected chi connectivity index (χ0v) is 22.0. The van der Waals surface area contributed by atoms with Gasteiger partial charge in [0.1, 0.15) is 18.2 Å². The zero-order chi connectivity index (χ0) is 26.1. The molecule has 1 saturated heterocycles. The number of benzene rings is 1. The van der Waals surface area contributed by atoms with Crippen LogP contribution in [0.4, 0.5) is 10.6 Å². The van der Waals surface area contributed by atoms with Crippen molar-refractivity contribution in [2.24, 2.45) is 0 Å². The minimum atomic E-state index is -3.17. The third kappa shape index (κ3) is 7.79. The summed E-state index contributed by atoms with van der Waals surface area (Å²) in [4.78, 5) is 41.5. The van der Waals surface area contributed by atoms with Gasteiger partial charge in [0.25, 0.3) is 11.1 Å². The molecule has 0 saturated carbocycles. The summed E-state index contributed by atoms with van der Waals surface area (Å²) in [5.74, 6) is 0.783. The third-order valence-electron chi connectivity index (χ3n) is 5.44. The molecular formula is C23H29N4O7PS. The summed E-state index contributed by atoms with van der Waals surface area (Å²) in [6.07, 6.45) is 2.02. The van der Waals surface area contributed by atoms with Crippen LogP contribution in [-0.4, -0.2) is 74.4 Å². The number of pyridine rings is 1. The molecule has 1 aliphatic heterocycles. The number of likely N-dealkylation sites (N-methyl/N-ethyl adjacent to an activating group) is 1. The second-order valence-corrected chi connectivity index (χ2v) is 11.4. The Morgan fingerprint density at radius 1 is 1.17 bits per heavy atom. The number of hydrogen-bond acceptors (Lipinski definition) is 10. The number of rotatable bonds is 13. The molecule has 1 aromatic carbocycles. The molecule has 13 heteroatoms. The molecule has 3 rings (SSSR count). The summed E-state index contributed by atoms with van der Waals surface area (Å²) in [6, 6.07) is 10.8. The lowest BCUT2D eigenvalue weighted by Gasteiger charge is -2.19. The number of anilines is 1. The second-order valence-electron chi connectivity index (χ2n) is 7.86. The topological polar surface area (TPSA) is 136 Å². The largest absolute Gasteiger partial charge is 0.492 e. The molecule has 1 fully saturated rings. The van der Waals surface area contributed by atoms with Crippen molar-refractivity contribution >= 4 is 42.2 Å². The van der Waals surface area contributed by atoms with Crippen molar-refractivity contribution in [3.8, 4) is 5.75 Å². The standard InChI is InChI=1S/C23H29N4O7PS/c1-27(20-9-6-17(15-25-20)21(28)24-10-13-35(31,32-2)33-3)11-12-34-18-7-4-16(5-8-18)14-19-22(29)26-23(30)36-19/h4-9,15,19H,10-14H2,1-3H3,(H,24,28)(H,26,29,30). The number of hydrogen-bond donors (Lipinski definition) is 2. The van der Waals surface area contributed by atoms with Crippen LogP contribution < -0.4 is 20.3 Å². The van der Waals surface area contributed by atoms with Gasteiger partial charge in [-0.25, -0.2) is 4.98 Å². The SMILES string of the molecule is COP(=O)(CCNC(=O)c1ccc(N(C)CCOc2ccc(CC3SC(=O)NC3=O)cc2)nc1)OC. The van der Waals surface area contributed by atoms with Crippen LogP contribution >= 0.6 is 19.4 Å². The van der Waals surface area contributed by atoms with Crippen LogP contribution in [-0.2, 0) is 24.8 Å². The third-order valence-corrected chi connectivity index (χ3v) is 8.30. The molecule has 0 radical (unpaired) electrons. The number of amides is 3. The molecule has 2 aromatic rings. The van der Waals surface area contributed by atoms with E-state index >= 15 is 0 Å². The van der Waals surface area contributed by atoms with E-state index in [-0.39, 0.29) is 29.8 Å². The Morgan fingerprint density at radius 3 is 2.47 bits per heavy atom. The predicted molar refractivity (Wildman–Crippen MR) is 137 cm³/mol. The van der Waals surface area contributed by atoms with Crippen molar-refractivity contribution in [1.29, 1.82) is 0 Å². The first-order valence-electron chi connectivity index (χ1n) is 11.1. The number of ether oxygens (including phenoxy) is 1. The van der Waals surface area contributed by atoms with Crippen LogP contribution in [0.3, 0.4) is 0 Å². The summed E-state index contributed by atoms with van der Waals surface area (Å²) >= 11 is 1.01. The molecule has 0 aliphatic carbocycles. The van der Waals surface area contributed by atoms with E-state index in [0.717, 1.165) is 17.3 Å². The summed E-state index contributed by atoms with van der Waals surface area (Å²) in [5, 5.41) is 4.26. The Bertz CT molecular complexity index is 1110. The fourth-order valence-corrected chi connectivity index (χ4v) is 5.05. The molecular weight excluding hydrogens is 507 g/mol. The van der Waals surface area contributed by atoms with Crippen molar-refractivity contribution in [2.45, 2.75) is 11.7 Å². The summed E-state index contributed by atoms with van der Waals surface area (Å²) < 4.78 is 27.5. The Morgan fingerprint density at radius 2 is 1.89 bits per heavy atom. The maximum atomic E-state index is 12.3. The molecule has 2 heterocycles. The monoisotopic (exact) mass is 536 g/mol. The molecule has 1 atom stereocenters. The summed E-state index contributed by atoms with van der Waals surface area (Å²) in [6.45, 7) is 1.12. The van der Waals surface area contributed by atoms with Gasteiger partial charge in [-0.1, -0.05) is 23.9 Å². The maximum absolute atomic E-state index is 12.3. The van der Waals surface area contributed by atoms with Crippen LogP contribution in [0.5, 0.6) is 5.75 Å². The van der Waals surface area contributed by atoms with Gasteiger partial charge in [-0.3, -0.25) is 24.3 Å². The van der Waals surface area contributed by atoms with E-state index in [1.165, 1.54) is 20.4 Å². The Labute approximate surface area is 213 Å². The average molecular weight is 537 g/mol. The highest BCUT2D eigenvalue weighted by molar-refractivity contribution is 8.15. The molecule has 3 amide bonds. The number of aromatic nitrogens is 1. The fourth-order valence-electron chi connectivity index (χ4n) is 3.29. The van der Waals surface area contributed by atoms with Gasteiger partial charge in [0.2, 0.25) is 5.91 Å². The quantitative estimate of drug-likeness (QED) is 0.368. The predicted octanol–water partition coefficient (Wildman–Crippen LogP) is 2.71. The number of carbonyl (C=O) groups is 3. The van der Waals surface area contributed by atoms with Gasteiger partial charge >= 0.3 is 7.60 Å². The molecule has 194 valence electrons. The van der Waals surface area contributed by atoms with E-state index in [4.69, 9.17) is 13.8 Å². The number of carbonyl (C=O) groups excluding carboxylic acids is 3. The van der Waals surface area contributed by atoms with Gasteiger partial charge in [-0.15, -0.1) is 0 Å². The first-order chi connectivity index (χ1) is 17.2. The van der Waals surface area contributed by atoms with Crippen molar-refractivity contribution in [3.63, 3.8) is 0 Å². The van der Waals surface area contributed by atoms with Crippen molar-refractivity contribution in [2.75, 3.05) is 52.0 Å². The average Bonchev–Trinajstić information content (AvgIpc) is 3.20. The lowest BCUT2D eigenvalue weighted by atomic mass is 10.1. The van der Waals surface area contributed by atoms with E-state index < -0.39 is 12.8 Å². The lowest BCUT2D eigenvalue weighted by Crippen LogP contribution is -2.27. The van der Waals surface area contributed by atoms with Crippen LogP contribution in [0.25, 0.3) is 0 Å². The van der Waals surface area contributed by atoms with Crippen LogP contribution in [0, 0.1) is 0 Å². The van der Waals surface area contributed by atoms with Crippen LogP contribution in [0.1, 0.15) is 15.9 Å². The number of nitrogens with one attached hydrogen (secondary N) is 2. The van der Waals surface area contributed by atoms with E-state index in [1.54, 1.807) is 12.1 Å².